The van der Waals surface area contributed by atoms with Crippen molar-refractivity contribution in [2.45, 2.75) is 32.1 Å². The normalized spacial score (nSPS) is 12.6. The average molecular weight is 860 g/mol. The molecular formula is C65H49NO. The van der Waals surface area contributed by atoms with Gasteiger partial charge in [-0.1, -0.05) is 214 Å². The second kappa shape index (κ2) is 16.7. The van der Waals surface area contributed by atoms with Gasteiger partial charge in [0.25, 0.3) is 0 Å². The number of fused-ring (bicyclic) bond motifs is 6. The van der Waals surface area contributed by atoms with Crippen LogP contribution in [-0.2, 0) is 18.3 Å². The van der Waals surface area contributed by atoms with Crippen LogP contribution in [0.2, 0.25) is 0 Å². The molecule has 1 aliphatic carbocycles. The zero-order valence-electron chi connectivity index (χ0n) is 37.8. The molecule has 0 radical (unpaired) electrons. The van der Waals surface area contributed by atoms with E-state index in [9.17, 15) is 0 Å². The van der Waals surface area contributed by atoms with Gasteiger partial charge in [0.2, 0.25) is 0 Å². The number of para-hydroxylation sites is 2. The first-order valence-electron chi connectivity index (χ1n) is 23.4. The lowest BCUT2D eigenvalue weighted by Gasteiger charge is -2.30. The number of benzene rings is 10. The third-order valence-corrected chi connectivity index (χ3v) is 14.0. The van der Waals surface area contributed by atoms with Crippen molar-refractivity contribution in [1.82, 2.24) is 0 Å². The summed E-state index contributed by atoms with van der Waals surface area (Å²) in [4.78, 5) is 2.46. The maximum absolute atomic E-state index is 6.53. The first kappa shape index (κ1) is 40.3. The van der Waals surface area contributed by atoms with Crippen LogP contribution in [0.3, 0.4) is 0 Å². The molecule has 10 aromatic carbocycles. The van der Waals surface area contributed by atoms with E-state index in [1.807, 2.05) is 6.07 Å². The number of rotatable bonds is 10. The van der Waals surface area contributed by atoms with Crippen molar-refractivity contribution >= 4 is 39.0 Å². The van der Waals surface area contributed by atoms with Crippen molar-refractivity contribution in [2.24, 2.45) is 0 Å². The van der Waals surface area contributed by atoms with Crippen LogP contribution in [0.25, 0.3) is 66.4 Å². The largest absolute Gasteiger partial charge is 0.455 e. The van der Waals surface area contributed by atoms with Crippen molar-refractivity contribution in [3.63, 3.8) is 0 Å². The van der Waals surface area contributed by atoms with Gasteiger partial charge in [-0.2, -0.15) is 0 Å². The van der Waals surface area contributed by atoms with E-state index in [2.05, 4.69) is 249 Å². The topological polar surface area (TPSA) is 16.4 Å². The zero-order chi connectivity index (χ0) is 44.9. The van der Waals surface area contributed by atoms with Crippen molar-refractivity contribution in [3.05, 3.63) is 270 Å². The summed E-state index contributed by atoms with van der Waals surface area (Å²) in [5, 5.41) is 2.26. The Hall–Kier alpha value is -8.20. The molecule has 1 heterocycles. The Bertz CT molecular complexity index is 3580. The fourth-order valence-electron chi connectivity index (χ4n) is 10.8. The molecule has 11 aromatic rings. The van der Waals surface area contributed by atoms with Crippen LogP contribution < -0.4 is 4.90 Å². The van der Waals surface area contributed by atoms with Gasteiger partial charge < -0.3 is 9.32 Å². The molecule has 0 spiro atoms. The molecule has 0 saturated carbocycles. The van der Waals surface area contributed by atoms with Gasteiger partial charge in [0.15, 0.2) is 0 Å². The van der Waals surface area contributed by atoms with Gasteiger partial charge in [-0.15, -0.1) is 0 Å². The summed E-state index contributed by atoms with van der Waals surface area (Å²) in [6.45, 7) is 4.71. The minimum Gasteiger partial charge on any atom is -0.455 e. The molecule has 0 bridgehead atoms. The van der Waals surface area contributed by atoms with Crippen LogP contribution in [0, 0.1) is 0 Å². The third kappa shape index (κ3) is 7.14. The summed E-state index contributed by atoms with van der Waals surface area (Å²) in [6.07, 6.45) is 1.63. The van der Waals surface area contributed by atoms with Crippen molar-refractivity contribution in [1.29, 1.82) is 0 Å². The average Bonchev–Trinajstić information content (AvgIpc) is 3.88. The molecule has 320 valence electrons. The van der Waals surface area contributed by atoms with Crippen LogP contribution in [0.15, 0.2) is 241 Å². The molecule has 0 unspecified atom stereocenters. The lowest BCUT2D eigenvalue weighted by atomic mass is 9.82. The highest BCUT2D eigenvalue weighted by Crippen LogP contribution is 2.52. The summed E-state index contributed by atoms with van der Waals surface area (Å²) >= 11 is 0. The summed E-state index contributed by atoms with van der Waals surface area (Å²) in [5.74, 6) is 0. The van der Waals surface area contributed by atoms with Crippen molar-refractivity contribution in [2.75, 3.05) is 4.90 Å². The zero-order valence-corrected chi connectivity index (χ0v) is 37.8. The lowest BCUT2D eigenvalue weighted by Crippen LogP contribution is -2.14. The fourth-order valence-corrected chi connectivity index (χ4v) is 10.8. The Balaban J connectivity index is 1.04. The monoisotopic (exact) mass is 859 g/mol. The van der Waals surface area contributed by atoms with E-state index in [0.29, 0.717) is 0 Å². The number of nitrogens with zero attached hydrogens (tertiary/aromatic N) is 1. The minimum atomic E-state index is -0.0707. The highest BCUT2D eigenvalue weighted by atomic mass is 16.3. The molecule has 2 nitrogen and oxygen atoms in total. The first-order chi connectivity index (χ1) is 33.0. The summed E-state index contributed by atoms with van der Waals surface area (Å²) in [5.41, 5.74) is 22.7. The van der Waals surface area contributed by atoms with Gasteiger partial charge in [0, 0.05) is 38.7 Å². The molecule has 2 heteroatoms. The maximum Gasteiger partial charge on any atom is 0.143 e. The quantitative estimate of drug-likeness (QED) is 0.136. The Morgan fingerprint density at radius 3 is 1.61 bits per heavy atom. The highest BCUT2D eigenvalue weighted by molar-refractivity contribution is 6.09. The van der Waals surface area contributed by atoms with E-state index in [-0.39, 0.29) is 5.41 Å². The predicted molar refractivity (Wildman–Crippen MR) is 281 cm³/mol. The summed E-state index contributed by atoms with van der Waals surface area (Å²) in [6, 6.07) is 86.4. The van der Waals surface area contributed by atoms with E-state index in [0.717, 1.165) is 63.0 Å². The maximum atomic E-state index is 6.53. The highest BCUT2D eigenvalue weighted by Gasteiger charge is 2.36. The molecule has 0 fully saturated rings. The van der Waals surface area contributed by atoms with E-state index in [4.69, 9.17) is 4.42 Å². The molecular weight excluding hydrogens is 811 g/mol. The second-order valence-electron chi connectivity index (χ2n) is 18.4. The Kier molecular flexibility index (Phi) is 10.0. The summed E-state index contributed by atoms with van der Waals surface area (Å²) in [7, 11) is 0. The minimum absolute atomic E-state index is 0.0707. The van der Waals surface area contributed by atoms with Crippen LogP contribution in [0.5, 0.6) is 0 Å². The van der Waals surface area contributed by atoms with Crippen LogP contribution in [0.1, 0.15) is 47.2 Å². The second-order valence-corrected chi connectivity index (χ2v) is 18.4. The molecule has 1 aromatic heterocycles. The third-order valence-electron chi connectivity index (χ3n) is 14.0. The van der Waals surface area contributed by atoms with Gasteiger partial charge in [-0.25, -0.2) is 0 Å². The van der Waals surface area contributed by atoms with E-state index in [1.54, 1.807) is 0 Å². The predicted octanol–water partition coefficient (Wildman–Crippen LogP) is 17.5. The van der Waals surface area contributed by atoms with E-state index in [1.165, 1.54) is 66.8 Å². The molecule has 0 atom stereocenters. The lowest BCUT2D eigenvalue weighted by molar-refractivity contribution is 0.660. The molecule has 0 amide bonds. The molecule has 67 heavy (non-hydrogen) atoms. The Labute approximate surface area is 393 Å². The fraction of sp³-hybridized carbons (Fsp3) is 0.0769. The van der Waals surface area contributed by atoms with Crippen LogP contribution >= 0.6 is 0 Å². The van der Waals surface area contributed by atoms with Crippen LogP contribution in [0.4, 0.5) is 17.1 Å². The molecule has 0 aliphatic heterocycles. The number of hydrogen-bond acceptors (Lipinski definition) is 2. The molecule has 0 N–H and O–H groups in total. The number of furan rings is 1. The molecule has 12 rings (SSSR count). The van der Waals surface area contributed by atoms with Gasteiger partial charge in [0.05, 0.1) is 5.69 Å². The van der Waals surface area contributed by atoms with Crippen LogP contribution in [-0.4, -0.2) is 0 Å². The van der Waals surface area contributed by atoms with Gasteiger partial charge in [-0.3, -0.25) is 0 Å². The first-order valence-corrected chi connectivity index (χ1v) is 23.4. The smallest absolute Gasteiger partial charge is 0.143 e. The van der Waals surface area contributed by atoms with Gasteiger partial charge >= 0.3 is 0 Å². The molecule has 0 saturated heterocycles. The number of hydrogen-bond donors (Lipinski definition) is 0. The van der Waals surface area contributed by atoms with E-state index >= 15 is 0 Å². The standard InChI is InChI=1S/C65H49NO/c1-65(2)58-30-13-11-26-57(58)63-52(27-17-31-59(63)65)46-34-38-50(39-35-46)66(51-40-36-47(37-41-51)54-28-16-29-56-55-25-12-14-33-61(55)67-64(54)56)60-32-15-23-49(43-45-20-7-4-8-21-45)62(60)53-24-10-9-22-48(53)42-44-18-5-3-6-19-44/h3-41H,42-43H2,1-2H3. The molecule has 1 aliphatic rings. The van der Waals surface area contributed by atoms with Crippen molar-refractivity contribution < 1.29 is 4.42 Å². The summed E-state index contributed by atoms with van der Waals surface area (Å²) < 4.78 is 6.53. The Morgan fingerprint density at radius 2 is 0.881 bits per heavy atom. The van der Waals surface area contributed by atoms with Gasteiger partial charge in [0.1, 0.15) is 11.2 Å². The van der Waals surface area contributed by atoms with E-state index < -0.39 is 0 Å². The van der Waals surface area contributed by atoms with Crippen molar-refractivity contribution in [3.8, 4) is 44.5 Å². The Morgan fingerprint density at radius 1 is 0.373 bits per heavy atom. The van der Waals surface area contributed by atoms with Gasteiger partial charge in [-0.05, 0) is 116 Å². The SMILES string of the molecule is CC1(C)c2ccccc2-c2c(-c3ccc(N(c4ccc(-c5cccc6c5oc5ccccc56)cc4)c4cccc(Cc5ccccc5)c4-c4ccccc4Cc4ccccc4)cc3)cccc21. The number of anilines is 3.